The predicted molar refractivity (Wildman–Crippen MR) is 55.3 cm³/mol. The highest BCUT2D eigenvalue weighted by Crippen LogP contribution is 2.33. The first-order chi connectivity index (χ1) is 7.50. The van der Waals surface area contributed by atoms with E-state index in [1.54, 1.807) is 13.0 Å². The molecule has 0 radical (unpaired) electrons. The van der Waals surface area contributed by atoms with E-state index in [4.69, 9.17) is 10.5 Å². The molecule has 1 aliphatic carbocycles. The summed E-state index contributed by atoms with van der Waals surface area (Å²) in [5.41, 5.74) is 4.48. The number of ether oxygens (including phenoxy) is 1. The fourth-order valence-electron chi connectivity index (χ4n) is 1.96. The average Bonchev–Trinajstić information content (AvgIpc) is 2.28. The van der Waals surface area contributed by atoms with Crippen molar-refractivity contribution in [1.29, 1.82) is 0 Å². The predicted octanol–water partition coefficient (Wildman–Crippen LogP) is -0.553. The van der Waals surface area contributed by atoms with Crippen LogP contribution in [0.2, 0.25) is 0 Å². The van der Waals surface area contributed by atoms with Crippen LogP contribution in [0.4, 0.5) is 0 Å². The molecule has 3 N–H and O–H groups in total. The third kappa shape index (κ3) is 1.32. The first kappa shape index (κ1) is 11.0. The summed E-state index contributed by atoms with van der Waals surface area (Å²) in [4.78, 5) is 23.2. The second kappa shape index (κ2) is 3.54. The normalized spacial score (nSPS) is 33.8. The van der Waals surface area contributed by atoms with Crippen LogP contribution in [0.5, 0.6) is 0 Å². The minimum absolute atomic E-state index is 0.104. The van der Waals surface area contributed by atoms with Gasteiger partial charge in [-0.15, -0.1) is 0 Å². The molecule has 0 saturated carbocycles. The Bertz CT molecular complexity index is 424. The SMILES string of the molecule is CC[C@@]1(O)C(=O)OCC2=C1C=CC(N)C2=O. The lowest BCUT2D eigenvalue weighted by Gasteiger charge is -2.34. The number of hydrogen-bond acceptors (Lipinski definition) is 5. The summed E-state index contributed by atoms with van der Waals surface area (Å²) in [7, 11) is 0. The molecule has 0 aromatic heterocycles. The van der Waals surface area contributed by atoms with Crippen molar-refractivity contribution in [2.75, 3.05) is 6.61 Å². The standard InChI is InChI=1S/C11H13NO4/c1-2-11(15)7-3-4-8(12)9(13)6(7)5-16-10(11)14/h3-4,8,15H,2,5,12H2,1H3/t8?,11-/m0/s1. The Morgan fingerprint density at radius 2 is 2.31 bits per heavy atom. The highest BCUT2D eigenvalue weighted by Gasteiger charge is 2.46. The van der Waals surface area contributed by atoms with Crippen molar-refractivity contribution in [3.8, 4) is 0 Å². The number of Topliss-reactive ketones (excluding diaryl/α,β-unsaturated/α-hetero) is 1. The lowest BCUT2D eigenvalue weighted by molar-refractivity contribution is -0.163. The van der Waals surface area contributed by atoms with Gasteiger partial charge in [-0.3, -0.25) is 4.79 Å². The maximum absolute atomic E-state index is 11.7. The molecule has 2 atom stereocenters. The van der Waals surface area contributed by atoms with E-state index in [0.29, 0.717) is 11.1 Å². The number of carbonyl (C=O) groups is 2. The zero-order valence-corrected chi connectivity index (χ0v) is 8.90. The van der Waals surface area contributed by atoms with Crippen LogP contribution in [0, 0.1) is 0 Å². The molecule has 5 nitrogen and oxygen atoms in total. The Labute approximate surface area is 92.6 Å². The van der Waals surface area contributed by atoms with Crippen LogP contribution < -0.4 is 5.73 Å². The van der Waals surface area contributed by atoms with Gasteiger partial charge >= 0.3 is 5.97 Å². The van der Waals surface area contributed by atoms with E-state index in [9.17, 15) is 14.7 Å². The molecule has 0 aromatic carbocycles. The van der Waals surface area contributed by atoms with Gasteiger partial charge in [-0.05, 0) is 6.42 Å². The molecule has 0 bridgehead atoms. The van der Waals surface area contributed by atoms with Crippen molar-refractivity contribution < 1.29 is 19.4 Å². The molecule has 16 heavy (non-hydrogen) atoms. The van der Waals surface area contributed by atoms with Crippen molar-refractivity contribution in [3.05, 3.63) is 23.3 Å². The average molecular weight is 223 g/mol. The molecule has 1 aliphatic heterocycles. The number of cyclic esters (lactones) is 1. The molecular weight excluding hydrogens is 210 g/mol. The Morgan fingerprint density at radius 3 is 2.94 bits per heavy atom. The number of esters is 1. The summed E-state index contributed by atoms with van der Waals surface area (Å²) < 4.78 is 4.82. The zero-order chi connectivity index (χ0) is 11.9. The van der Waals surface area contributed by atoms with Crippen LogP contribution >= 0.6 is 0 Å². The van der Waals surface area contributed by atoms with Crippen molar-refractivity contribution in [3.63, 3.8) is 0 Å². The summed E-state index contributed by atoms with van der Waals surface area (Å²) in [6, 6.07) is -0.711. The molecule has 0 aromatic rings. The van der Waals surface area contributed by atoms with Crippen molar-refractivity contribution in [1.82, 2.24) is 0 Å². The van der Waals surface area contributed by atoms with Gasteiger partial charge < -0.3 is 15.6 Å². The summed E-state index contributed by atoms with van der Waals surface area (Å²) in [6.45, 7) is 1.55. The highest BCUT2D eigenvalue weighted by atomic mass is 16.6. The minimum Gasteiger partial charge on any atom is -0.458 e. The van der Waals surface area contributed by atoms with E-state index < -0.39 is 17.6 Å². The molecule has 5 heteroatoms. The van der Waals surface area contributed by atoms with Crippen LogP contribution in [0.1, 0.15) is 13.3 Å². The Kier molecular flexibility index (Phi) is 2.44. The summed E-state index contributed by atoms with van der Waals surface area (Å²) in [5, 5.41) is 10.2. The topological polar surface area (TPSA) is 89.6 Å². The second-order valence-corrected chi connectivity index (χ2v) is 3.93. The van der Waals surface area contributed by atoms with Gasteiger partial charge in [-0.2, -0.15) is 0 Å². The lowest BCUT2D eigenvalue weighted by Crippen LogP contribution is -2.49. The van der Waals surface area contributed by atoms with Gasteiger partial charge in [0.15, 0.2) is 11.4 Å². The van der Waals surface area contributed by atoms with Gasteiger partial charge in [0.1, 0.15) is 6.61 Å². The molecule has 1 unspecified atom stereocenters. The molecule has 0 spiro atoms. The van der Waals surface area contributed by atoms with E-state index in [1.807, 2.05) is 0 Å². The quantitative estimate of drug-likeness (QED) is 0.582. The minimum atomic E-state index is -1.71. The maximum Gasteiger partial charge on any atom is 0.343 e. The first-order valence-electron chi connectivity index (χ1n) is 5.12. The van der Waals surface area contributed by atoms with Gasteiger partial charge in [0, 0.05) is 11.1 Å². The smallest absolute Gasteiger partial charge is 0.343 e. The first-order valence-corrected chi connectivity index (χ1v) is 5.12. The maximum atomic E-state index is 11.7. The van der Waals surface area contributed by atoms with Crippen LogP contribution in [0.15, 0.2) is 23.3 Å². The van der Waals surface area contributed by atoms with E-state index in [1.165, 1.54) is 6.08 Å². The third-order valence-electron chi connectivity index (χ3n) is 3.04. The van der Waals surface area contributed by atoms with E-state index in [-0.39, 0.29) is 18.8 Å². The monoisotopic (exact) mass is 223 g/mol. The van der Waals surface area contributed by atoms with Crippen molar-refractivity contribution in [2.45, 2.75) is 25.0 Å². The van der Waals surface area contributed by atoms with Gasteiger partial charge in [0.05, 0.1) is 6.04 Å². The van der Waals surface area contributed by atoms with Gasteiger partial charge in [0.2, 0.25) is 0 Å². The second-order valence-electron chi connectivity index (χ2n) is 3.93. The van der Waals surface area contributed by atoms with Crippen LogP contribution in [0.25, 0.3) is 0 Å². The molecule has 0 fully saturated rings. The van der Waals surface area contributed by atoms with Gasteiger partial charge in [0.25, 0.3) is 0 Å². The summed E-state index contributed by atoms with van der Waals surface area (Å²) in [5.74, 6) is -1.00. The summed E-state index contributed by atoms with van der Waals surface area (Å²) >= 11 is 0. The molecule has 86 valence electrons. The molecule has 2 rings (SSSR count). The Hall–Kier alpha value is -1.46. The van der Waals surface area contributed by atoms with E-state index >= 15 is 0 Å². The fraction of sp³-hybridized carbons (Fsp3) is 0.455. The molecule has 0 saturated heterocycles. The van der Waals surface area contributed by atoms with E-state index in [0.717, 1.165) is 0 Å². The number of ketones is 1. The number of hydrogen-bond donors (Lipinski definition) is 2. The Balaban J connectivity index is 2.54. The lowest BCUT2D eigenvalue weighted by atomic mass is 9.80. The van der Waals surface area contributed by atoms with Crippen molar-refractivity contribution in [2.24, 2.45) is 5.73 Å². The number of aliphatic hydroxyl groups is 1. The van der Waals surface area contributed by atoms with Crippen LogP contribution in [-0.4, -0.2) is 35.1 Å². The van der Waals surface area contributed by atoms with E-state index in [2.05, 4.69) is 0 Å². The zero-order valence-electron chi connectivity index (χ0n) is 8.90. The highest BCUT2D eigenvalue weighted by molar-refractivity contribution is 6.06. The number of nitrogens with two attached hydrogens (primary N) is 1. The Morgan fingerprint density at radius 1 is 1.62 bits per heavy atom. The molecule has 2 aliphatic rings. The van der Waals surface area contributed by atoms with Crippen LogP contribution in [-0.2, 0) is 14.3 Å². The fourth-order valence-corrected chi connectivity index (χ4v) is 1.96. The van der Waals surface area contributed by atoms with Gasteiger partial charge in [-0.1, -0.05) is 19.1 Å². The molecular formula is C11H13NO4. The largest absolute Gasteiger partial charge is 0.458 e. The van der Waals surface area contributed by atoms with Gasteiger partial charge in [-0.25, -0.2) is 4.79 Å². The van der Waals surface area contributed by atoms with Crippen molar-refractivity contribution >= 4 is 11.8 Å². The number of carbonyl (C=O) groups excluding carboxylic acids is 2. The third-order valence-corrected chi connectivity index (χ3v) is 3.04. The molecule has 1 heterocycles. The summed E-state index contributed by atoms with van der Waals surface area (Å²) in [6.07, 6.45) is 3.20. The van der Waals surface area contributed by atoms with Crippen LogP contribution in [0.3, 0.4) is 0 Å². The number of rotatable bonds is 1. The molecule has 0 amide bonds.